The van der Waals surface area contributed by atoms with Gasteiger partial charge in [-0.3, -0.25) is 4.79 Å². The Morgan fingerprint density at radius 1 is 1.29 bits per heavy atom. The van der Waals surface area contributed by atoms with Gasteiger partial charge < -0.3 is 4.98 Å². The predicted molar refractivity (Wildman–Crippen MR) is 70.4 cm³/mol. The molecule has 84 valence electrons. The lowest BCUT2D eigenvalue weighted by Gasteiger charge is -1.97. The maximum atomic E-state index is 11.6. The smallest absolute Gasteiger partial charge is 0.268 e. The third-order valence-electron chi connectivity index (χ3n) is 2.62. The van der Waals surface area contributed by atoms with Gasteiger partial charge in [0.2, 0.25) is 0 Å². The Labute approximate surface area is 102 Å². The van der Waals surface area contributed by atoms with Crippen molar-refractivity contribution in [3.8, 4) is 10.4 Å². The van der Waals surface area contributed by atoms with E-state index in [9.17, 15) is 4.79 Å². The van der Waals surface area contributed by atoms with Crippen LogP contribution in [0.5, 0.6) is 0 Å². The van der Waals surface area contributed by atoms with Gasteiger partial charge in [-0.1, -0.05) is 29.8 Å². The molecule has 3 rings (SSSR count). The first kappa shape index (κ1) is 10.2. The average molecular weight is 242 g/mol. The molecule has 0 atom stereocenters. The van der Waals surface area contributed by atoms with Crippen molar-refractivity contribution >= 4 is 21.6 Å². The van der Waals surface area contributed by atoms with Gasteiger partial charge in [-0.25, -0.2) is 4.98 Å². The van der Waals surface area contributed by atoms with Crippen LogP contribution in [0, 0.1) is 6.92 Å². The highest BCUT2D eigenvalue weighted by atomic mass is 32.1. The number of thiophene rings is 1. The molecule has 3 nitrogen and oxygen atoms in total. The minimum atomic E-state index is -0.0705. The highest BCUT2D eigenvalue weighted by molar-refractivity contribution is 7.22. The molecule has 3 aromatic rings. The molecule has 0 aliphatic carbocycles. The molecule has 2 heterocycles. The van der Waals surface area contributed by atoms with E-state index in [4.69, 9.17) is 0 Å². The summed E-state index contributed by atoms with van der Waals surface area (Å²) < 4.78 is 0.684. The molecule has 0 spiro atoms. The van der Waals surface area contributed by atoms with Gasteiger partial charge in [0.25, 0.3) is 5.56 Å². The lowest BCUT2D eigenvalue weighted by molar-refractivity contribution is 1.18. The van der Waals surface area contributed by atoms with Crippen LogP contribution in [-0.4, -0.2) is 9.97 Å². The van der Waals surface area contributed by atoms with Crippen LogP contribution in [0.4, 0.5) is 0 Å². The van der Waals surface area contributed by atoms with Gasteiger partial charge in [-0.05, 0) is 18.6 Å². The van der Waals surface area contributed by atoms with Crippen molar-refractivity contribution in [3.63, 3.8) is 0 Å². The molecule has 1 N–H and O–H groups in total. The van der Waals surface area contributed by atoms with E-state index in [0.29, 0.717) is 4.70 Å². The molecule has 0 fully saturated rings. The molecule has 2 aromatic heterocycles. The normalized spacial score (nSPS) is 10.9. The molecule has 0 unspecified atom stereocenters. The van der Waals surface area contributed by atoms with Gasteiger partial charge in [0.1, 0.15) is 4.70 Å². The molecular formula is C13H10N2OS. The van der Waals surface area contributed by atoms with E-state index in [1.807, 2.05) is 18.2 Å². The second-order valence-corrected chi connectivity index (χ2v) is 4.98. The average Bonchev–Trinajstić information content (AvgIpc) is 2.74. The van der Waals surface area contributed by atoms with Crippen molar-refractivity contribution in [2.24, 2.45) is 0 Å². The van der Waals surface area contributed by atoms with E-state index < -0.39 is 0 Å². The minimum Gasteiger partial charge on any atom is -0.312 e. The van der Waals surface area contributed by atoms with E-state index in [1.54, 1.807) is 0 Å². The number of fused-ring (bicyclic) bond motifs is 1. The first-order valence-corrected chi connectivity index (χ1v) is 6.10. The molecule has 0 radical (unpaired) electrons. The van der Waals surface area contributed by atoms with E-state index in [0.717, 1.165) is 16.0 Å². The third-order valence-corrected chi connectivity index (χ3v) is 3.79. The fraction of sp³-hybridized carbons (Fsp3) is 0.0769. The van der Waals surface area contributed by atoms with Crippen LogP contribution in [0.2, 0.25) is 0 Å². The number of aryl methyl sites for hydroxylation is 1. The van der Waals surface area contributed by atoms with Crippen molar-refractivity contribution in [1.29, 1.82) is 0 Å². The fourth-order valence-corrected chi connectivity index (χ4v) is 2.81. The van der Waals surface area contributed by atoms with Crippen LogP contribution in [0.1, 0.15) is 5.56 Å². The second-order valence-electron chi connectivity index (χ2n) is 3.93. The van der Waals surface area contributed by atoms with Crippen LogP contribution < -0.4 is 5.56 Å². The summed E-state index contributed by atoms with van der Waals surface area (Å²) in [4.78, 5) is 19.4. The molecule has 17 heavy (non-hydrogen) atoms. The zero-order valence-electron chi connectivity index (χ0n) is 9.23. The van der Waals surface area contributed by atoms with E-state index in [2.05, 4.69) is 29.0 Å². The zero-order chi connectivity index (χ0) is 11.8. The van der Waals surface area contributed by atoms with Gasteiger partial charge >= 0.3 is 0 Å². The van der Waals surface area contributed by atoms with Crippen LogP contribution in [-0.2, 0) is 0 Å². The Balaban J connectivity index is 2.25. The SMILES string of the molecule is Cc1cccc(-c2cc3nc[nH]c(=O)c3s2)c1. The van der Waals surface area contributed by atoms with E-state index >= 15 is 0 Å². The predicted octanol–water partition coefficient (Wildman–Crippen LogP) is 2.96. The summed E-state index contributed by atoms with van der Waals surface area (Å²) in [6.45, 7) is 2.06. The second kappa shape index (κ2) is 3.82. The third kappa shape index (κ3) is 1.76. The van der Waals surface area contributed by atoms with Gasteiger partial charge in [0, 0.05) is 4.88 Å². The number of aromatic amines is 1. The Morgan fingerprint density at radius 2 is 2.18 bits per heavy atom. The summed E-state index contributed by atoms with van der Waals surface area (Å²) in [6.07, 6.45) is 1.44. The van der Waals surface area contributed by atoms with Crippen LogP contribution >= 0.6 is 11.3 Å². The Kier molecular flexibility index (Phi) is 2.30. The summed E-state index contributed by atoms with van der Waals surface area (Å²) in [5.41, 5.74) is 3.03. The number of nitrogens with one attached hydrogen (secondary N) is 1. The summed E-state index contributed by atoms with van der Waals surface area (Å²) >= 11 is 1.48. The van der Waals surface area contributed by atoms with Crippen molar-refractivity contribution in [1.82, 2.24) is 9.97 Å². The molecule has 0 saturated heterocycles. The first-order chi connectivity index (χ1) is 8.24. The maximum absolute atomic E-state index is 11.6. The molecule has 0 bridgehead atoms. The summed E-state index contributed by atoms with van der Waals surface area (Å²) in [5, 5.41) is 0. The fourth-order valence-electron chi connectivity index (χ4n) is 1.81. The topological polar surface area (TPSA) is 45.8 Å². The van der Waals surface area contributed by atoms with Crippen LogP contribution in [0.15, 0.2) is 41.5 Å². The largest absolute Gasteiger partial charge is 0.312 e. The minimum absolute atomic E-state index is 0.0705. The van der Waals surface area contributed by atoms with Gasteiger partial charge in [0.15, 0.2) is 0 Å². The maximum Gasteiger partial charge on any atom is 0.268 e. The summed E-state index contributed by atoms with van der Waals surface area (Å²) in [5.74, 6) is 0. The molecule has 0 aliphatic heterocycles. The van der Waals surface area contributed by atoms with Crippen molar-refractivity contribution in [2.75, 3.05) is 0 Å². The monoisotopic (exact) mass is 242 g/mol. The van der Waals surface area contributed by atoms with Crippen molar-refractivity contribution in [2.45, 2.75) is 6.92 Å². The molecule has 0 aliphatic rings. The van der Waals surface area contributed by atoms with Gasteiger partial charge in [-0.15, -0.1) is 11.3 Å². The number of H-pyrrole nitrogens is 1. The lowest BCUT2D eigenvalue weighted by Crippen LogP contribution is -2.02. The van der Waals surface area contributed by atoms with Crippen LogP contribution in [0.3, 0.4) is 0 Å². The Morgan fingerprint density at radius 3 is 2.94 bits per heavy atom. The number of benzene rings is 1. The molecule has 0 saturated carbocycles. The number of aromatic nitrogens is 2. The van der Waals surface area contributed by atoms with E-state index in [-0.39, 0.29) is 5.56 Å². The summed E-state index contributed by atoms with van der Waals surface area (Å²) in [6, 6.07) is 10.2. The molecule has 4 heteroatoms. The first-order valence-electron chi connectivity index (χ1n) is 5.28. The quantitative estimate of drug-likeness (QED) is 0.713. The van der Waals surface area contributed by atoms with E-state index in [1.165, 1.54) is 23.2 Å². The molecule has 1 aromatic carbocycles. The summed E-state index contributed by atoms with van der Waals surface area (Å²) in [7, 11) is 0. The number of nitrogens with zero attached hydrogens (tertiary/aromatic N) is 1. The lowest BCUT2D eigenvalue weighted by atomic mass is 10.1. The Bertz CT molecular complexity index is 742. The number of hydrogen-bond donors (Lipinski definition) is 1. The van der Waals surface area contributed by atoms with Crippen LogP contribution in [0.25, 0.3) is 20.7 Å². The van der Waals surface area contributed by atoms with Gasteiger partial charge in [0.05, 0.1) is 11.8 Å². The number of rotatable bonds is 1. The van der Waals surface area contributed by atoms with Gasteiger partial charge in [-0.2, -0.15) is 0 Å². The molecular weight excluding hydrogens is 232 g/mol. The highest BCUT2D eigenvalue weighted by Crippen LogP contribution is 2.30. The number of hydrogen-bond acceptors (Lipinski definition) is 3. The standard InChI is InChI=1S/C13H10N2OS/c1-8-3-2-4-9(5-8)11-6-10-12(17-11)13(16)15-7-14-10/h2-7H,1H3,(H,14,15,16). The van der Waals surface area contributed by atoms with Crippen molar-refractivity contribution < 1.29 is 0 Å². The zero-order valence-corrected chi connectivity index (χ0v) is 10.0. The Hall–Kier alpha value is -1.94. The van der Waals surface area contributed by atoms with Crippen molar-refractivity contribution in [3.05, 3.63) is 52.6 Å². The molecule has 0 amide bonds. The highest BCUT2D eigenvalue weighted by Gasteiger charge is 2.07.